The van der Waals surface area contributed by atoms with Crippen molar-refractivity contribution in [2.24, 2.45) is 0 Å². The number of amides is 1. The van der Waals surface area contributed by atoms with E-state index in [0.717, 1.165) is 36.1 Å². The van der Waals surface area contributed by atoms with Gasteiger partial charge in [0.15, 0.2) is 0 Å². The van der Waals surface area contributed by atoms with E-state index < -0.39 is 17.6 Å². The molecule has 0 atom stereocenters. The number of allylic oxidation sites excluding steroid dienone is 1. The number of halogens is 3. The first-order valence-electron chi connectivity index (χ1n) is 9.29. The predicted molar refractivity (Wildman–Crippen MR) is 109 cm³/mol. The highest BCUT2D eigenvalue weighted by molar-refractivity contribution is 6.04. The average molecular weight is 393 g/mol. The Morgan fingerprint density at radius 3 is 2.45 bits per heavy atom. The van der Waals surface area contributed by atoms with Gasteiger partial charge in [-0.25, -0.2) is 0 Å². The van der Waals surface area contributed by atoms with Crippen LogP contribution >= 0.6 is 0 Å². The summed E-state index contributed by atoms with van der Waals surface area (Å²) in [4.78, 5) is 12.4. The Labute approximate surface area is 166 Å². The highest BCUT2D eigenvalue weighted by Gasteiger charge is 2.30. The predicted octanol–water partition coefficient (Wildman–Crippen LogP) is 6.58. The van der Waals surface area contributed by atoms with Crippen molar-refractivity contribution in [3.05, 3.63) is 95.1 Å². The second-order valence-corrected chi connectivity index (χ2v) is 6.93. The number of benzene rings is 3. The fraction of sp³-hybridized carbons (Fsp3) is 0.125. The normalized spacial score (nSPS) is 13.1. The fourth-order valence-corrected chi connectivity index (χ4v) is 3.49. The molecule has 0 unspecified atom stereocenters. The van der Waals surface area contributed by atoms with E-state index in [1.165, 1.54) is 23.3 Å². The number of rotatable bonds is 3. The van der Waals surface area contributed by atoms with E-state index in [0.29, 0.717) is 5.69 Å². The first-order chi connectivity index (χ1) is 13.9. The first kappa shape index (κ1) is 19.0. The number of carbonyl (C=O) groups excluding carboxylic acids is 1. The van der Waals surface area contributed by atoms with Crippen molar-refractivity contribution >= 4 is 17.7 Å². The van der Waals surface area contributed by atoms with Gasteiger partial charge in [-0.3, -0.25) is 4.79 Å². The Kier molecular flexibility index (Phi) is 4.97. The number of carbonyl (C=O) groups is 1. The number of nitrogens with one attached hydrogen (secondary N) is 1. The number of anilines is 1. The minimum absolute atomic E-state index is 0.0360. The van der Waals surface area contributed by atoms with E-state index in [1.807, 2.05) is 18.2 Å². The summed E-state index contributed by atoms with van der Waals surface area (Å²) in [6, 6.07) is 17.9. The van der Waals surface area contributed by atoms with Crippen LogP contribution in [0, 0.1) is 0 Å². The molecule has 0 aliphatic heterocycles. The monoisotopic (exact) mass is 393 g/mol. The van der Waals surface area contributed by atoms with Gasteiger partial charge in [0, 0.05) is 11.3 Å². The van der Waals surface area contributed by atoms with Crippen LogP contribution in [0.2, 0.25) is 0 Å². The van der Waals surface area contributed by atoms with Crippen LogP contribution in [0.4, 0.5) is 18.9 Å². The second kappa shape index (κ2) is 7.59. The summed E-state index contributed by atoms with van der Waals surface area (Å²) in [5.74, 6) is -0.580. The van der Waals surface area contributed by atoms with Crippen LogP contribution in [0.25, 0.3) is 17.2 Å². The molecule has 4 rings (SSSR count). The van der Waals surface area contributed by atoms with Crippen molar-refractivity contribution in [3.63, 3.8) is 0 Å². The van der Waals surface area contributed by atoms with Crippen LogP contribution in [0.15, 0.2) is 72.8 Å². The smallest absolute Gasteiger partial charge is 0.322 e. The highest BCUT2D eigenvalue weighted by atomic mass is 19.4. The Morgan fingerprint density at radius 2 is 1.69 bits per heavy atom. The van der Waals surface area contributed by atoms with Gasteiger partial charge in [-0.15, -0.1) is 0 Å². The molecule has 0 heterocycles. The van der Waals surface area contributed by atoms with Gasteiger partial charge in [0.25, 0.3) is 5.91 Å². The van der Waals surface area contributed by atoms with Crippen LogP contribution in [-0.4, -0.2) is 5.91 Å². The lowest BCUT2D eigenvalue weighted by molar-refractivity contribution is -0.137. The van der Waals surface area contributed by atoms with E-state index in [-0.39, 0.29) is 5.56 Å². The number of fused-ring (bicyclic) bond motifs is 1. The van der Waals surface area contributed by atoms with Crippen molar-refractivity contribution in [3.8, 4) is 11.1 Å². The molecule has 0 fully saturated rings. The molecule has 1 aliphatic carbocycles. The van der Waals surface area contributed by atoms with Crippen LogP contribution in [-0.2, 0) is 12.6 Å². The third-order valence-corrected chi connectivity index (χ3v) is 4.97. The van der Waals surface area contributed by atoms with E-state index in [4.69, 9.17) is 0 Å². The maximum Gasteiger partial charge on any atom is 0.416 e. The van der Waals surface area contributed by atoms with Gasteiger partial charge >= 0.3 is 6.18 Å². The minimum atomic E-state index is -4.48. The molecule has 0 radical (unpaired) electrons. The largest absolute Gasteiger partial charge is 0.416 e. The molecule has 0 saturated heterocycles. The van der Waals surface area contributed by atoms with Gasteiger partial charge < -0.3 is 5.32 Å². The lowest BCUT2D eigenvalue weighted by Gasteiger charge is -2.15. The van der Waals surface area contributed by atoms with Gasteiger partial charge in [0.05, 0.1) is 5.56 Å². The van der Waals surface area contributed by atoms with E-state index >= 15 is 0 Å². The van der Waals surface area contributed by atoms with Crippen molar-refractivity contribution in [1.29, 1.82) is 0 Å². The molecular weight excluding hydrogens is 375 g/mol. The molecule has 0 saturated carbocycles. The zero-order chi connectivity index (χ0) is 20.4. The molecule has 29 heavy (non-hydrogen) atoms. The Morgan fingerprint density at radius 1 is 0.931 bits per heavy atom. The lowest BCUT2D eigenvalue weighted by Crippen LogP contribution is -2.13. The maximum absolute atomic E-state index is 12.8. The van der Waals surface area contributed by atoms with Crippen LogP contribution in [0.3, 0.4) is 0 Å². The van der Waals surface area contributed by atoms with Crippen molar-refractivity contribution < 1.29 is 18.0 Å². The second-order valence-electron chi connectivity index (χ2n) is 6.93. The SMILES string of the molecule is O=C(Nc1ccc(-c2cccc3c2C=CCC3)cc1)c1cccc(C(F)(F)F)c1. The molecule has 1 N–H and O–H groups in total. The van der Waals surface area contributed by atoms with Gasteiger partial charge in [0.2, 0.25) is 0 Å². The minimum Gasteiger partial charge on any atom is -0.322 e. The zero-order valence-electron chi connectivity index (χ0n) is 15.5. The molecule has 3 aromatic carbocycles. The fourth-order valence-electron chi connectivity index (χ4n) is 3.49. The molecule has 2 nitrogen and oxygen atoms in total. The Hall–Kier alpha value is -3.34. The summed E-state index contributed by atoms with van der Waals surface area (Å²) in [5.41, 5.74) is 4.30. The summed E-state index contributed by atoms with van der Waals surface area (Å²) < 4.78 is 38.5. The Balaban J connectivity index is 1.54. The standard InChI is InChI=1S/C24H18F3NO/c25-24(26,27)19-8-3-7-18(15-19)23(29)28-20-13-11-17(12-14-20)22-10-4-6-16-5-1-2-9-21(16)22/h2-4,6-15H,1,5H2,(H,28,29). The van der Waals surface area contributed by atoms with Gasteiger partial charge in [-0.05, 0) is 65.4 Å². The quantitative estimate of drug-likeness (QED) is 0.535. The topological polar surface area (TPSA) is 29.1 Å². The zero-order valence-corrected chi connectivity index (χ0v) is 15.5. The third-order valence-electron chi connectivity index (χ3n) is 4.97. The Bertz CT molecular complexity index is 1080. The van der Waals surface area contributed by atoms with Crippen LogP contribution in [0.1, 0.15) is 33.5 Å². The highest BCUT2D eigenvalue weighted by Crippen LogP contribution is 2.32. The van der Waals surface area contributed by atoms with Crippen molar-refractivity contribution in [2.45, 2.75) is 19.0 Å². The van der Waals surface area contributed by atoms with Crippen LogP contribution in [0.5, 0.6) is 0 Å². The average Bonchev–Trinajstić information content (AvgIpc) is 2.73. The lowest BCUT2D eigenvalue weighted by atomic mass is 9.90. The molecule has 0 aromatic heterocycles. The summed E-state index contributed by atoms with van der Waals surface area (Å²) in [6.45, 7) is 0. The van der Waals surface area contributed by atoms with Crippen LogP contribution < -0.4 is 5.32 Å². The summed E-state index contributed by atoms with van der Waals surface area (Å²) >= 11 is 0. The third kappa shape index (κ3) is 4.09. The maximum atomic E-state index is 12.8. The molecule has 1 amide bonds. The molecule has 146 valence electrons. The van der Waals surface area contributed by atoms with Crippen molar-refractivity contribution in [2.75, 3.05) is 5.32 Å². The van der Waals surface area contributed by atoms with Gasteiger partial charge in [-0.1, -0.05) is 48.6 Å². The van der Waals surface area contributed by atoms with Crippen molar-refractivity contribution in [1.82, 2.24) is 0 Å². The van der Waals surface area contributed by atoms with Gasteiger partial charge in [0.1, 0.15) is 0 Å². The molecule has 0 bridgehead atoms. The number of hydrogen-bond donors (Lipinski definition) is 1. The summed E-state index contributed by atoms with van der Waals surface area (Å²) in [5, 5.41) is 2.66. The molecule has 0 spiro atoms. The molecular formula is C24H18F3NO. The molecule has 5 heteroatoms. The van der Waals surface area contributed by atoms with E-state index in [1.54, 1.807) is 12.1 Å². The van der Waals surface area contributed by atoms with Gasteiger partial charge in [-0.2, -0.15) is 13.2 Å². The number of alkyl halides is 3. The van der Waals surface area contributed by atoms with E-state index in [2.05, 4.69) is 29.6 Å². The number of hydrogen-bond acceptors (Lipinski definition) is 1. The summed E-state index contributed by atoms with van der Waals surface area (Å²) in [6.07, 6.45) is 1.87. The molecule has 3 aromatic rings. The molecule has 1 aliphatic rings. The first-order valence-corrected chi connectivity index (χ1v) is 9.29. The van der Waals surface area contributed by atoms with E-state index in [9.17, 15) is 18.0 Å². The summed E-state index contributed by atoms with van der Waals surface area (Å²) in [7, 11) is 0. The number of aryl methyl sites for hydroxylation is 1.